The summed E-state index contributed by atoms with van der Waals surface area (Å²) in [6.45, 7) is 1.49. The van der Waals surface area contributed by atoms with Crippen LogP contribution >= 0.6 is 11.6 Å². The standard InChI is InChI=1S/C24H18ClN3O6/c1-12(28(26)22(31)13-5-8-19(29)20(30)10-13)21-17-7-6-15(25)11-18(17)27(23(21)32)16-4-2-3-14(9-16)24(33)34/h2-11,29-30H,26H2,1H3,(H,33,34)/b21-12-. The smallest absolute Gasteiger partial charge is 0.335 e. The Morgan fingerprint density at radius 2 is 1.71 bits per heavy atom. The van der Waals surface area contributed by atoms with Crippen LogP contribution in [0.5, 0.6) is 11.5 Å². The number of hydrogen-bond donors (Lipinski definition) is 4. The Bertz CT molecular complexity index is 1400. The number of aromatic carboxylic acids is 1. The van der Waals surface area contributed by atoms with Crippen LogP contribution in [0, 0.1) is 0 Å². The van der Waals surface area contributed by atoms with Gasteiger partial charge in [0.2, 0.25) is 0 Å². The first-order valence-corrected chi connectivity index (χ1v) is 10.3. The van der Waals surface area contributed by atoms with Crippen molar-refractivity contribution in [2.75, 3.05) is 4.90 Å². The van der Waals surface area contributed by atoms with Gasteiger partial charge in [0.25, 0.3) is 11.8 Å². The van der Waals surface area contributed by atoms with Crippen LogP contribution in [0.15, 0.2) is 66.4 Å². The van der Waals surface area contributed by atoms with Crippen LogP contribution in [0.2, 0.25) is 5.02 Å². The Labute approximate surface area is 198 Å². The summed E-state index contributed by atoms with van der Waals surface area (Å²) >= 11 is 6.17. The fraction of sp³-hybridized carbons (Fsp3) is 0.0417. The van der Waals surface area contributed by atoms with Gasteiger partial charge >= 0.3 is 5.97 Å². The minimum atomic E-state index is -1.15. The highest BCUT2D eigenvalue weighted by Crippen LogP contribution is 2.44. The number of carboxylic acid groups (broad SMARTS) is 1. The zero-order chi connectivity index (χ0) is 24.7. The third kappa shape index (κ3) is 3.83. The number of carboxylic acids is 1. The highest BCUT2D eigenvalue weighted by molar-refractivity contribution is 6.37. The van der Waals surface area contributed by atoms with Crippen LogP contribution in [-0.2, 0) is 4.79 Å². The van der Waals surface area contributed by atoms with E-state index >= 15 is 0 Å². The third-order valence-corrected chi connectivity index (χ3v) is 5.64. The molecule has 9 nitrogen and oxygen atoms in total. The van der Waals surface area contributed by atoms with Crippen molar-refractivity contribution >= 4 is 46.3 Å². The van der Waals surface area contributed by atoms with E-state index < -0.39 is 29.3 Å². The summed E-state index contributed by atoms with van der Waals surface area (Å²) in [6, 6.07) is 14.1. The van der Waals surface area contributed by atoms with Gasteiger partial charge < -0.3 is 15.3 Å². The molecule has 3 aromatic rings. The molecule has 0 aromatic heterocycles. The van der Waals surface area contributed by atoms with Crippen molar-refractivity contribution in [3.63, 3.8) is 0 Å². The lowest BCUT2D eigenvalue weighted by Gasteiger charge is -2.20. The van der Waals surface area contributed by atoms with E-state index in [0.717, 1.165) is 17.1 Å². The van der Waals surface area contributed by atoms with E-state index in [2.05, 4.69) is 0 Å². The summed E-state index contributed by atoms with van der Waals surface area (Å²) in [5, 5.41) is 29.7. The molecular weight excluding hydrogens is 462 g/mol. The number of benzene rings is 3. The minimum Gasteiger partial charge on any atom is -0.504 e. The predicted molar refractivity (Wildman–Crippen MR) is 125 cm³/mol. The van der Waals surface area contributed by atoms with E-state index in [1.165, 1.54) is 36.1 Å². The average Bonchev–Trinajstić information content (AvgIpc) is 3.10. The second-order valence-electron chi connectivity index (χ2n) is 7.50. The van der Waals surface area contributed by atoms with E-state index in [9.17, 15) is 29.7 Å². The molecule has 0 radical (unpaired) electrons. The van der Waals surface area contributed by atoms with Gasteiger partial charge in [-0.05, 0) is 55.5 Å². The van der Waals surface area contributed by atoms with Crippen LogP contribution in [-0.4, -0.2) is 38.1 Å². The number of aromatic hydroxyl groups is 2. The number of fused-ring (bicyclic) bond motifs is 1. The Morgan fingerprint density at radius 1 is 0.971 bits per heavy atom. The number of nitrogens with two attached hydrogens (primary N) is 1. The number of nitrogens with zero attached hydrogens (tertiary/aromatic N) is 2. The maximum absolute atomic E-state index is 13.6. The van der Waals surface area contributed by atoms with E-state index in [1.807, 2.05) is 0 Å². The first-order valence-electron chi connectivity index (χ1n) is 9.90. The van der Waals surface area contributed by atoms with Crippen molar-refractivity contribution < 1.29 is 29.7 Å². The van der Waals surface area contributed by atoms with Gasteiger partial charge in [0.05, 0.1) is 22.5 Å². The topological polar surface area (TPSA) is 144 Å². The van der Waals surface area contributed by atoms with E-state index in [4.69, 9.17) is 17.4 Å². The Hall–Kier alpha value is -4.34. The van der Waals surface area contributed by atoms with Gasteiger partial charge in [-0.15, -0.1) is 0 Å². The molecule has 1 aliphatic heterocycles. The first kappa shape index (κ1) is 22.8. The largest absolute Gasteiger partial charge is 0.504 e. The lowest BCUT2D eigenvalue weighted by molar-refractivity contribution is -0.112. The molecule has 0 unspecified atom stereocenters. The molecule has 0 saturated carbocycles. The van der Waals surface area contributed by atoms with Crippen LogP contribution in [0.3, 0.4) is 0 Å². The van der Waals surface area contributed by atoms with Crippen LogP contribution < -0.4 is 10.7 Å². The Morgan fingerprint density at radius 3 is 2.38 bits per heavy atom. The summed E-state index contributed by atoms with van der Waals surface area (Å²) in [6.07, 6.45) is 0. The number of phenols is 2. The number of carbonyl (C=O) groups excluding carboxylic acids is 2. The van der Waals surface area contributed by atoms with Gasteiger partial charge in [0.1, 0.15) is 0 Å². The summed E-state index contributed by atoms with van der Waals surface area (Å²) < 4.78 is 0. The van der Waals surface area contributed by atoms with Crippen molar-refractivity contribution in [3.05, 3.63) is 88.1 Å². The molecule has 0 spiro atoms. The second-order valence-corrected chi connectivity index (χ2v) is 7.93. The molecule has 3 aromatic carbocycles. The fourth-order valence-corrected chi connectivity index (χ4v) is 3.86. The van der Waals surface area contributed by atoms with Crippen LogP contribution in [0.25, 0.3) is 5.57 Å². The normalized spacial score (nSPS) is 14.1. The van der Waals surface area contributed by atoms with Crippen molar-refractivity contribution in [1.29, 1.82) is 0 Å². The maximum Gasteiger partial charge on any atom is 0.335 e. The summed E-state index contributed by atoms with van der Waals surface area (Å²) in [5.41, 5.74) is 1.36. The van der Waals surface area contributed by atoms with E-state index in [1.54, 1.807) is 24.3 Å². The lowest BCUT2D eigenvalue weighted by Crippen LogP contribution is -2.37. The fourth-order valence-electron chi connectivity index (χ4n) is 3.69. The molecule has 1 heterocycles. The summed E-state index contributed by atoms with van der Waals surface area (Å²) in [7, 11) is 0. The lowest BCUT2D eigenvalue weighted by atomic mass is 10.0. The Kier molecular flexibility index (Phi) is 5.74. The molecule has 0 aliphatic carbocycles. The van der Waals surface area contributed by atoms with Gasteiger partial charge in [-0.25, -0.2) is 15.6 Å². The number of phenolic OH excluding ortho intramolecular Hbond substituents is 2. The zero-order valence-electron chi connectivity index (χ0n) is 17.7. The van der Waals surface area contributed by atoms with E-state index in [0.29, 0.717) is 22.0 Å². The molecule has 34 heavy (non-hydrogen) atoms. The monoisotopic (exact) mass is 479 g/mol. The number of halogens is 1. The maximum atomic E-state index is 13.6. The van der Waals surface area contributed by atoms with Crippen molar-refractivity contribution in [1.82, 2.24) is 5.01 Å². The van der Waals surface area contributed by atoms with Crippen molar-refractivity contribution in [3.8, 4) is 11.5 Å². The molecule has 0 fully saturated rings. The number of carbonyl (C=O) groups is 3. The SMILES string of the molecule is C/C(=C1/C(=O)N(c2cccc(C(=O)O)c2)c2cc(Cl)ccc21)N(N)C(=O)c1ccc(O)c(O)c1. The molecule has 1 aliphatic rings. The van der Waals surface area contributed by atoms with Crippen molar-refractivity contribution in [2.24, 2.45) is 5.84 Å². The highest BCUT2D eigenvalue weighted by atomic mass is 35.5. The van der Waals surface area contributed by atoms with Crippen LogP contribution in [0.1, 0.15) is 33.2 Å². The molecule has 2 amide bonds. The number of amides is 2. The van der Waals surface area contributed by atoms with Gasteiger partial charge in [-0.3, -0.25) is 14.5 Å². The molecule has 0 atom stereocenters. The number of hydrazine groups is 1. The molecule has 10 heteroatoms. The zero-order valence-corrected chi connectivity index (χ0v) is 18.4. The molecule has 4 rings (SSSR count). The molecular formula is C24H18ClN3O6. The highest BCUT2D eigenvalue weighted by Gasteiger charge is 2.37. The van der Waals surface area contributed by atoms with Gasteiger partial charge in [-0.1, -0.05) is 23.7 Å². The van der Waals surface area contributed by atoms with Gasteiger partial charge in [0, 0.05) is 21.8 Å². The summed E-state index contributed by atoms with van der Waals surface area (Å²) in [5.74, 6) is 2.76. The third-order valence-electron chi connectivity index (χ3n) is 5.40. The number of hydrogen-bond acceptors (Lipinski definition) is 6. The number of allylic oxidation sites excluding steroid dienone is 1. The summed E-state index contributed by atoms with van der Waals surface area (Å²) in [4.78, 5) is 39.2. The van der Waals surface area contributed by atoms with E-state index in [-0.39, 0.29) is 22.4 Å². The first-order chi connectivity index (χ1) is 16.1. The quantitative estimate of drug-likeness (QED) is 0.146. The van der Waals surface area contributed by atoms with Gasteiger partial charge in [0.15, 0.2) is 11.5 Å². The predicted octanol–water partition coefficient (Wildman–Crippen LogP) is 3.87. The van der Waals surface area contributed by atoms with Crippen molar-refractivity contribution in [2.45, 2.75) is 6.92 Å². The average molecular weight is 480 g/mol. The molecule has 172 valence electrons. The number of anilines is 2. The Balaban J connectivity index is 1.82. The minimum absolute atomic E-state index is 0.00852. The van der Waals surface area contributed by atoms with Gasteiger partial charge in [-0.2, -0.15) is 0 Å². The molecule has 0 saturated heterocycles. The molecule has 0 bridgehead atoms. The number of rotatable bonds is 4. The van der Waals surface area contributed by atoms with Crippen LogP contribution in [0.4, 0.5) is 11.4 Å². The molecule has 5 N–H and O–H groups in total. The second kappa shape index (κ2) is 8.54.